The molecule has 0 radical (unpaired) electrons. The Labute approximate surface area is 230 Å². The number of aromatic nitrogens is 2. The van der Waals surface area contributed by atoms with Crippen molar-refractivity contribution in [2.75, 3.05) is 27.3 Å². The van der Waals surface area contributed by atoms with E-state index in [2.05, 4.69) is 0 Å². The first-order valence-electron chi connectivity index (χ1n) is 13.0. The van der Waals surface area contributed by atoms with Crippen LogP contribution < -0.4 is 25.5 Å². The number of carboxylic acid groups (broad SMARTS) is 1. The minimum absolute atomic E-state index is 0.0248. The van der Waals surface area contributed by atoms with Gasteiger partial charge in [0.05, 0.1) is 31.7 Å². The van der Waals surface area contributed by atoms with Gasteiger partial charge in [-0.2, -0.15) is 0 Å². The average molecular weight is 546 g/mol. The van der Waals surface area contributed by atoms with Gasteiger partial charge in [-0.05, 0) is 54.3 Å². The van der Waals surface area contributed by atoms with E-state index in [0.29, 0.717) is 66.3 Å². The Hall–Kier alpha value is -4.73. The van der Waals surface area contributed by atoms with E-state index in [4.69, 9.17) is 14.2 Å². The van der Waals surface area contributed by atoms with Crippen molar-refractivity contribution in [1.29, 1.82) is 0 Å². The molecule has 1 fully saturated rings. The normalized spacial score (nSPS) is 13.8. The first kappa shape index (κ1) is 26.9. The molecular formula is C30H31N3O7. The van der Waals surface area contributed by atoms with Gasteiger partial charge in [0.2, 0.25) is 0 Å². The number of carbonyl (C=O) groups is 1. The Kier molecular flexibility index (Phi) is 7.77. The van der Waals surface area contributed by atoms with Crippen LogP contribution in [0.2, 0.25) is 0 Å². The first-order chi connectivity index (χ1) is 19.4. The standard InChI is InChI=1S/C30H31N3O7/c1-38-26-11-8-21(16-27(26)39-2)18-32-28(34)24-17-23(40-19-20-6-4-3-5-7-20)9-10-25(24)33(29(32)35)22-12-14-31(15-13-22)30(36)37/h3-11,16-17,22H,12-15,18-19H2,1-2H3,(H,36,37). The lowest BCUT2D eigenvalue weighted by atomic mass is 10.0. The summed E-state index contributed by atoms with van der Waals surface area (Å²) >= 11 is 0. The summed E-state index contributed by atoms with van der Waals surface area (Å²) in [5, 5.41) is 9.74. The number of benzene rings is 3. The molecule has 2 heterocycles. The summed E-state index contributed by atoms with van der Waals surface area (Å²) < 4.78 is 19.6. The van der Waals surface area contributed by atoms with Gasteiger partial charge >= 0.3 is 11.8 Å². The molecule has 5 rings (SSSR count). The highest BCUT2D eigenvalue weighted by molar-refractivity contribution is 5.80. The Morgan fingerprint density at radius 3 is 2.30 bits per heavy atom. The van der Waals surface area contributed by atoms with Gasteiger partial charge < -0.3 is 24.2 Å². The van der Waals surface area contributed by atoms with Gasteiger partial charge in [-0.15, -0.1) is 0 Å². The van der Waals surface area contributed by atoms with E-state index in [0.717, 1.165) is 5.56 Å². The number of rotatable bonds is 8. The van der Waals surface area contributed by atoms with Gasteiger partial charge in [-0.25, -0.2) is 9.59 Å². The Bertz CT molecular complexity index is 1640. The summed E-state index contributed by atoms with van der Waals surface area (Å²) in [4.78, 5) is 40.5. The highest BCUT2D eigenvalue weighted by Gasteiger charge is 2.27. The lowest BCUT2D eigenvalue weighted by Crippen LogP contribution is -2.45. The lowest BCUT2D eigenvalue weighted by Gasteiger charge is -2.32. The van der Waals surface area contributed by atoms with Gasteiger partial charge in [0.15, 0.2) is 11.5 Å². The highest BCUT2D eigenvalue weighted by Crippen LogP contribution is 2.29. The number of ether oxygens (including phenoxy) is 3. The minimum Gasteiger partial charge on any atom is -0.493 e. The first-order valence-corrected chi connectivity index (χ1v) is 13.0. The van der Waals surface area contributed by atoms with Crippen molar-refractivity contribution < 1.29 is 24.1 Å². The van der Waals surface area contributed by atoms with Gasteiger partial charge in [-0.1, -0.05) is 36.4 Å². The van der Waals surface area contributed by atoms with Crippen molar-refractivity contribution in [3.05, 3.63) is 98.7 Å². The molecule has 1 amide bonds. The van der Waals surface area contributed by atoms with Crippen molar-refractivity contribution in [3.8, 4) is 17.2 Å². The number of hydrogen-bond acceptors (Lipinski definition) is 6. The number of fused-ring (bicyclic) bond motifs is 1. The van der Waals surface area contributed by atoms with E-state index >= 15 is 0 Å². The van der Waals surface area contributed by atoms with Crippen molar-refractivity contribution in [3.63, 3.8) is 0 Å². The van der Waals surface area contributed by atoms with Crippen LogP contribution in [0.1, 0.15) is 30.0 Å². The average Bonchev–Trinajstić information content (AvgIpc) is 2.99. The number of amides is 1. The van der Waals surface area contributed by atoms with Gasteiger partial charge in [0.25, 0.3) is 5.56 Å². The fraction of sp³-hybridized carbons (Fsp3) is 0.300. The SMILES string of the molecule is COc1ccc(Cn2c(=O)c3cc(OCc4ccccc4)ccc3n(C3CCN(C(=O)O)CC3)c2=O)cc1OC. The van der Waals surface area contributed by atoms with Crippen LogP contribution >= 0.6 is 0 Å². The molecule has 0 unspecified atom stereocenters. The summed E-state index contributed by atoms with van der Waals surface area (Å²) in [6, 6.07) is 19.9. The molecule has 0 bridgehead atoms. The Balaban J connectivity index is 1.58. The molecule has 0 spiro atoms. The maximum atomic E-state index is 13.9. The van der Waals surface area contributed by atoms with E-state index < -0.39 is 17.3 Å². The zero-order chi connectivity index (χ0) is 28.2. The van der Waals surface area contributed by atoms with E-state index in [1.807, 2.05) is 30.3 Å². The predicted octanol–water partition coefficient (Wildman–Crippen LogP) is 4.12. The third kappa shape index (κ3) is 5.38. The summed E-state index contributed by atoms with van der Waals surface area (Å²) in [6.45, 7) is 0.971. The number of methoxy groups -OCH3 is 2. The van der Waals surface area contributed by atoms with Crippen LogP contribution in [0.4, 0.5) is 4.79 Å². The Morgan fingerprint density at radius 1 is 0.900 bits per heavy atom. The van der Waals surface area contributed by atoms with Crippen LogP contribution in [-0.2, 0) is 13.2 Å². The molecular weight excluding hydrogens is 514 g/mol. The zero-order valence-corrected chi connectivity index (χ0v) is 22.4. The van der Waals surface area contributed by atoms with E-state index in [-0.39, 0.29) is 12.6 Å². The van der Waals surface area contributed by atoms with Gasteiger partial charge in [0, 0.05) is 19.1 Å². The summed E-state index contributed by atoms with van der Waals surface area (Å²) in [7, 11) is 3.06. The molecule has 1 aromatic heterocycles. The monoisotopic (exact) mass is 545 g/mol. The van der Waals surface area contributed by atoms with Crippen molar-refractivity contribution in [2.45, 2.75) is 32.0 Å². The number of hydrogen-bond donors (Lipinski definition) is 1. The van der Waals surface area contributed by atoms with Crippen LogP contribution in [0.5, 0.6) is 17.2 Å². The van der Waals surface area contributed by atoms with Crippen LogP contribution in [0, 0.1) is 0 Å². The maximum Gasteiger partial charge on any atom is 0.407 e. The number of likely N-dealkylation sites (tertiary alicyclic amines) is 1. The molecule has 3 aromatic carbocycles. The molecule has 0 aliphatic carbocycles. The molecule has 40 heavy (non-hydrogen) atoms. The topological polar surface area (TPSA) is 112 Å². The molecule has 10 heteroatoms. The summed E-state index contributed by atoms with van der Waals surface area (Å²) in [5.41, 5.74) is 1.31. The van der Waals surface area contributed by atoms with Gasteiger partial charge in [0.1, 0.15) is 12.4 Å². The van der Waals surface area contributed by atoms with Crippen molar-refractivity contribution in [2.24, 2.45) is 0 Å². The highest BCUT2D eigenvalue weighted by atomic mass is 16.5. The molecule has 1 aliphatic heterocycles. The molecule has 1 saturated heterocycles. The zero-order valence-electron chi connectivity index (χ0n) is 22.4. The maximum absolute atomic E-state index is 13.9. The largest absolute Gasteiger partial charge is 0.493 e. The molecule has 10 nitrogen and oxygen atoms in total. The molecule has 0 saturated carbocycles. The number of piperidine rings is 1. The molecule has 1 aliphatic rings. The summed E-state index contributed by atoms with van der Waals surface area (Å²) in [5.74, 6) is 1.55. The van der Waals surface area contributed by atoms with Crippen LogP contribution in [-0.4, -0.2) is 52.5 Å². The second kappa shape index (κ2) is 11.6. The van der Waals surface area contributed by atoms with Crippen molar-refractivity contribution in [1.82, 2.24) is 14.0 Å². The fourth-order valence-corrected chi connectivity index (χ4v) is 5.16. The second-order valence-corrected chi connectivity index (χ2v) is 9.69. The van der Waals surface area contributed by atoms with Crippen LogP contribution in [0.3, 0.4) is 0 Å². The quantitative estimate of drug-likeness (QED) is 0.354. The molecule has 208 valence electrons. The van der Waals surface area contributed by atoms with Gasteiger partial charge in [-0.3, -0.25) is 13.9 Å². The third-order valence-electron chi connectivity index (χ3n) is 7.28. The van der Waals surface area contributed by atoms with Crippen LogP contribution in [0.25, 0.3) is 10.9 Å². The fourth-order valence-electron chi connectivity index (χ4n) is 5.16. The summed E-state index contributed by atoms with van der Waals surface area (Å²) in [6.07, 6.45) is -0.0566. The number of nitrogens with zero attached hydrogens (tertiary/aromatic N) is 3. The molecule has 4 aromatic rings. The molecule has 1 N–H and O–H groups in total. The second-order valence-electron chi connectivity index (χ2n) is 9.69. The predicted molar refractivity (Wildman–Crippen MR) is 150 cm³/mol. The molecule has 0 atom stereocenters. The van der Waals surface area contributed by atoms with E-state index in [1.165, 1.54) is 23.7 Å². The Morgan fingerprint density at radius 2 is 1.62 bits per heavy atom. The van der Waals surface area contributed by atoms with Crippen molar-refractivity contribution >= 4 is 17.0 Å². The smallest absolute Gasteiger partial charge is 0.407 e. The third-order valence-corrected chi connectivity index (χ3v) is 7.28. The van der Waals surface area contributed by atoms with E-state index in [1.54, 1.807) is 41.0 Å². The lowest BCUT2D eigenvalue weighted by molar-refractivity contribution is 0.125. The van der Waals surface area contributed by atoms with E-state index in [9.17, 15) is 19.5 Å². The minimum atomic E-state index is -0.978. The van der Waals surface area contributed by atoms with Crippen LogP contribution in [0.15, 0.2) is 76.3 Å².